The zero-order chi connectivity index (χ0) is 29.0. The molecule has 3 heterocycles. The monoisotopic (exact) mass is 576 g/mol. The van der Waals surface area contributed by atoms with E-state index in [1.165, 1.54) is 31.7 Å². The van der Waals surface area contributed by atoms with Crippen molar-refractivity contribution in [3.8, 4) is 0 Å². The average Bonchev–Trinajstić information content (AvgIpc) is 3.35. The Labute approximate surface area is 233 Å². The van der Waals surface area contributed by atoms with Gasteiger partial charge in [-0.2, -0.15) is 0 Å². The zero-order valence-corrected chi connectivity index (χ0v) is 22.6. The lowest BCUT2D eigenvalue weighted by molar-refractivity contribution is -0.118. The lowest BCUT2D eigenvalue weighted by Gasteiger charge is -2.38. The normalized spacial score (nSPS) is 16.1. The third kappa shape index (κ3) is 6.54. The Morgan fingerprint density at radius 1 is 1.23 bits per heavy atom. The molecule has 0 saturated carbocycles. The summed E-state index contributed by atoms with van der Waals surface area (Å²) in [6.45, 7) is 1.75. The molecule has 3 N–H and O–H groups in total. The molecule has 0 radical (unpaired) electrons. The molecule has 4 amide bonds. The minimum Gasteiger partial charge on any atom is -0.382 e. The second-order valence-electron chi connectivity index (χ2n) is 9.34. The lowest BCUT2D eigenvalue weighted by atomic mass is 10.0. The highest BCUT2D eigenvalue weighted by atomic mass is 35.5. The number of hydrogen-bond acceptors (Lipinski definition) is 7. The van der Waals surface area contributed by atoms with Crippen LogP contribution in [0.4, 0.5) is 19.4 Å². The van der Waals surface area contributed by atoms with Crippen molar-refractivity contribution in [2.75, 3.05) is 32.1 Å². The van der Waals surface area contributed by atoms with E-state index in [-0.39, 0.29) is 18.1 Å². The van der Waals surface area contributed by atoms with Gasteiger partial charge in [-0.25, -0.2) is 18.6 Å². The van der Waals surface area contributed by atoms with Crippen molar-refractivity contribution in [2.45, 2.75) is 31.9 Å². The minimum absolute atomic E-state index is 0.0163. The van der Waals surface area contributed by atoms with Crippen LogP contribution in [0.5, 0.6) is 0 Å². The molecule has 2 aromatic heterocycles. The van der Waals surface area contributed by atoms with Crippen LogP contribution in [0.3, 0.4) is 0 Å². The fourth-order valence-corrected chi connectivity index (χ4v) is 4.35. The first-order valence-electron chi connectivity index (χ1n) is 12.1. The molecular formula is C26H27ClF2N6O5. The second-order valence-corrected chi connectivity index (χ2v) is 9.75. The molecule has 3 aromatic rings. The summed E-state index contributed by atoms with van der Waals surface area (Å²) in [6, 6.07) is 5.11. The third-order valence-corrected chi connectivity index (χ3v) is 6.72. The summed E-state index contributed by atoms with van der Waals surface area (Å²) >= 11 is 6.16. The van der Waals surface area contributed by atoms with Gasteiger partial charge in [-0.05, 0) is 48.7 Å². The number of halogens is 3. The van der Waals surface area contributed by atoms with Gasteiger partial charge < -0.3 is 30.1 Å². The number of nitrogens with one attached hydrogen (secondary N) is 3. The van der Waals surface area contributed by atoms with Crippen LogP contribution < -0.4 is 16.0 Å². The van der Waals surface area contributed by atoms with Gasteiger partial charge in [-0.3, -0.25) is 9.59 Å². The summed E-state index contributed by atoms with van der Waals surface area (Å²) in [4.78, 5) is 44.0. The van der Waals surface area contributed by atoms with Gasteiger partial charge in [0, 0.05) is 23.9 Å². The fraction of sp³-hybridized carbons (Fsp3) is 0.346. The Hall–Kier alpha value is -4.10. The summed E-state index contributed by atoms with van der Waals surface area (Å²) < 4.78 is 38.3. The molecule has 2 atom stereocenters. The Morgan fingerprint density at radius 2 is 2.00 bits per heavy atom. The molecule has 14 heteroatoms. The van der Waals surface area contributed by atoms with E-state index < -0.39 is 48.9 Å². The molecule has 1 saturated heterocycles. The van der Waals surface area contributed by atoms with Crippen LogP contribution >= 0.6 is 11.6 Å². The van der Waals surface area contributed by atoms with E-state index in [1.807, 2.05) is 0 Å². The number of pyridine rings is 1. The van der Waals surface area contributed by atoms with E-state index in [4.69, 9.17) is 20.9 Å². The number of nitrogens with zero attached hydrogens (tertiary/aromatic N) is 3. The summed E-state index contributed by atoms with van der Waals surface area (Å²) in [5.41, 5.74) is 2.02. The van der Waals surface area contributed by atoms with Gasteiger partial charge in [0.15, 0.2) is 5.69 Å². The molecule has 0 aliphatic carbocycles. The van der Waals surface area contributed by atoms with Crippen LogP contribution in [0.15, 0.2) is 47.3 Å². The van der Waals surface area contributed by atoms with E-state index >= 15 is 0 Å². The predicted octanol–water partition coefficient (Wildman–Crippen LogP) is 3.80. The number of rotatable bonds is 9. The molecule has 40 heavy (non-hydrogen) atoms. The second kappa shape index (κ2) is 12.0. The van der Waals surface area contributed by atoms with E-state index in [9.17, 15) is 23.2 Å². The van der Waals surface area contributed by atoms with Gasteiger partial charge in [0.2, 0.25) is 0 Å². The Kier molecular flexibility index (Phi) is 8.64. The largest absolute Gasteiger partial charge is 0.382 e. The standard InChI is InChI=1S/C26H27ClF2N6O5/c1-14-8-17(4-5-18(14)27)22(33-23(36)21-15(2)10-40-34-21)24(37)32-20-9-16(6-7-30-20)19(11-39-3)35-13-26(28,29)12-31-25(35)38/h4-10,19,22H,11-13H2,1-3H3,(H,31,38)(H,33,36)(H,30,32,37)/t19-,22+/m1/s1. The Balaban J connectivity index is 1.61. The Morgan fingerprint density at radius 3 is 2.67 bits per heavy atom. The van der Waals surface area contributed by atoms with Crippen molar-refractivity contribution < 1.29 is 32.4 Å². The number of ether oxygens (including phenoxy) is 1. The first-order valence-corrected chi connectivity index (χ1v) is 12.5. The molecule has 0 unspecified atom stereocenters. The number of hydrogen-bond donors (Lipinski definition) is 3. The number of aromatic nitrogens is 2. The highest BCUT2D eigenvalue weighted by Crippen LogP contribution is 2.29. The highest BCUT2D eigenvalue weighted by molar-refractivity contribution is 6.31. The number of alkyl halides is 2. The van der Waals surface area contributed by atoms with Crippen LogP contribution in [0, 0.1) is 13.8 Å². The maximum atomic E-state index is 14.1. The van der Waals surface area contributed by atoms with Crippen molar-refractivity contribution in [3.05, 3.63) is 75.8 Å². The average molecular weight is 577 g/mol. The lowest BCUT2D eigenvalue weighted by Crippen LogP contribution is -2.58. The maximum Gasteiger partial charge on any atom is 0.318 e. The molecule has 11 nitrogen and oxygen atoms in total. The number of carbonyl (C=O) groups excluding carboxylic acids is 3. The van der Waals surface area contributed by atoms with Crippen molar-refractivity contribution in [1.29, 1.82) is 0 Å². The van der Waals surface area contributed by atoms with E-state index in [0.717, 1.165) is 4.90 Å². The number of anilines is 1. The fourth-order valence-electron chi connectivity index (χ4n) is 4.23. The van der Waals surface area contributed by atoms with Crippen LogP contribution in [-0.4, -0.2) is 65.6 Å². The van der Waals surface area contributed by atoms with Crippen LogP contribution in [-0.2, 0) is 9.53 Å². The molecule has 1 aliphatic heterocycles. The summed E-state index contributed by atoms with van der Waals surface area (Å²) in [7, 11) is 1.38. The molecule has 4 rings (SSSR count). The maximum absolute atomic E-state index is 14.1. The number of aryl methyl sites for hydroxylation is 2. The first-order chi connectivity index (χ1) is 19.0. The molecule has 0 spiro atoms. The van der Waals surface area contributed by atoms with Gasteiger partial charge in [0.05, 0.1) is 25.7 Å². The van der Waals surface area contributed by atoms with Gasteiger partial charge in [0.1, 0.15) is 18.1 Å². The topological polar surface area (TPSA) is 139 Å². The summed E-state index contributed by atoms with van der Waals surface area (Å²) in [5.74, 6) is -4.35. The zero-order valence-electron chi connectivity index (χ0n) is 21.8. The van der Waals surface area contributed by atoms with Crippen LogP contribution in [0.1, 0.15) is 44.8 Å². The number of methoxy groups -OCH3 is 1. The first kappa shape index (κ1) is 28.9. The van der Waals surface area contributed by atoms with Crippen LogP contribution in [0.25, 0.3) is 0 Å². The molecule has 1 aromatic carbocycles. The molecular weight excluding hydrogens is 550 g/mol. The van der Waals surface area contributed by atoms with Crippen LogP contribution in [0.2, 0.25) is 5.02 Å². The molecule has 1 aliphatic rings. The SMILES string of the molecule is COC[C@H](c1ccnc(NC(=O)[C@@H](NC(=O)c2nocc2C)c2ccc(Cl)c(C)c2)c1)N1CC(F)(F)CNC1=O. The van der Waals surface area contributed by atoms with Crippen molar-refractivity contribution in [2.24, 2.45) is 0 Å². The summed E-state index contributed by atoms with van der Waals surface area (Å²) in [6.07, 6.45) is 2.67. The smallest absolute Gasteiger partial charge is 0.318 e. The molecule has 212 valence electrons. The Bertz CT molecular complexity index is 1420. The molecule has 1 fully saturated rings. The van der Waals surface area contributed by atoms with Gasteiger partial charge >= 0.3 is 6.03 Å². The van der Waals surface area contributed by atoms with Crippen molar-refractivity contribution in [3.63, 3.8) is 0 Å². The third-order valence-electron chi connectivity index (χ3n) is 6.30. The predicted molar refractivity (Wildman–Crippen MR) is 140 cm³/mol. The van der Waals surface area contributed by atoms with Gasteiger partial charge in [0.25, 0.3) is 17.7 Å². The number of benzene rings is 1. The number of urea groups is 1. The van der Waals surface area contributed by atoms with E-state index in [2.05, 4.69) is 26.1 Å². The number of amides is 4. The van der Waals surface area contributed by atoms with Gasteiger partial charge in [-0.1, -0.05) is 28.9 Å². The minimum atomic E-state index is -3.13. The van der Waals surface area contributed by atoms with E-state index in [0.29, 0.717) is 27.3 Å². The van der Waals surface area contributed by atoms with Crippen molar-refractivity contribution in [1.82, 2.24) is 25.7 Å². The summed E-state index contributed by atoms with van der Waals surface area (Å²) in [5, 5.41) is 11.7. The molecule has 0 bridgehead atoms. The van der Waals surface area contributed by atoms with Crippen molar-refractivity contribution >= 4 is 35.3 Å². The van der Waals surface area contributed by atoms with E-state index in [1.54, 1.807) is 32.0 Å². The van der Waals surface area contributed by atoms with Gasteiger partial charge in [-0.15, -0.1) is 0 Å². The number of carbonyl (C=O) groups is 3. The quantitative estimate of drug-likeness (QED) is 0.352. The highest BCUT2D eigenvalue weighted by Gasteiger charge is 2.42.